The number of para-hydroxylation sites is 1. The molecule has 3 aromatic carbocycles. The van der Waals surface area contributed by atoms with Crippen LogP contribution in [0.5, 0.6) is 0 Å². The fourth-order valence-electron chi connectivity index (χ4n) is 3.50. The van der Waals surface area contributed by atoms with E-state index in [-0.39, 0.29) is 0 Å². The van der Waals surface area contributed by atoms with Gasteiger partial charge in [-0.1, -0.05) is 36.4 Å². The van der Waals surface area contributed by atoms with E-state index in [9.17, 15) is 0 Å². The fraction of sp³-hybridized carbons (Fsp3) is 0.0400. The summed E-state index contributed by atoms with van der Waals surface area (Å²) in [6, 6.07) is 26.4. The third-order valence-electron chi connectivity index (χ3n) is 5.06. The van der Waals surface area contributed by atoms with E-state index in [1.54, 1.807) is 6.33 Å². The first-order chi connectivity index (χ1) is 14.8. The number of hydrogen-bond acceptors (Lipinski definition) is 5. The van der Waals surface area contributed by atoms with E-state index in [0.717, 1.165) is 50.0 Å². The number of nitrogens with zero attached hydrogens (tertiary/aromatic N) is 4. The average Bonchev–Trinajstić information content (AvgIpc) is 2.80. The van der Waals surface area contributed by atoms with Crippen molar-refractivity contribution >= 4 is 33.3 Å². The number of fused-ring (bicyclic) bond motifs is 2. The van der Waals surface area contributed by atoms with Gasteiger partial charge in [0.1, 0.15) is 12.1 Å². The van der Waals surface area contributed by atoms with Gasteiger partial charge in [-0.15, -0.1) is 0 Å². The first-order valence-corrected chi connectivity index (χ1v) is 9.63. The predicted molar refractivity (Wildman–Crippen MR) is 119 cm³/mol. The van der Waals surface area contributed by atoms with Crippen LogP contribution in [0.25, 0.3) is 32.9 Å². The monoisotopic (exact) mass is 387 g/mol. The summed E-state index contributed by atoms with van der Waals surface area (Å²) in [5.41, 5.74) is 5.85. The summed E-state index contributed by atoms with van der Waals surface area (Å²) in [7, 11) is 0. The zero-order chi connectivity index (χ0) is 20.3. The number of nitriles is 1. The maximum atomic E-state index is 8.83. The van der Waals surface area contributed by atoms with E-state index in [4.69, 9.17) is 5.26 Å². The van der Waals surface area contributed by atoms with E-state index in [1.807, 2.05) is 54.7 Å². The van der Waals surface area contributed by atoms with Gasteiger partial charge in [0, 0.05) is 28.2 Å². The van der Waals surface area contributed by atoms with Gasteiger partial charge in [-0.3, -0.25) is 4.98 Å². The minimum absolute atomic E-state index is 0.403. The Hall–Kier alpha value is -4.30. The van der Waals surface area contributed by atoms with Crippen LogP contribution in [-0.4, -0.2) is 15.0 Å². The van der Waals surface area contributed by atoms with Crippen molar-refractivity contribution < 1.29 is 0 Å². The summed E-state index contributed by atoms with van der Waals surface area (Å²) in [6.07, 6.45) is 3.86. The SMILES string of the molecule is N#CCc1ccc(Nc2ncnc3ccc(-c4cnc5ccccc5c4)cc23)cc1. The maximum absolute atomic E-state index is 8.83. The Morgan fingerprint density at radius 2 is 1.67 bits per heavy atom. The Morgan fingerprint density at radius 3 is 2.53 bits per heavy atom. The lowest BCUT2D eigenvalue weighted by molar-refractivity contribution is 1.21. The van der Waals surface area contributed by atoms with Crippen LogP contribution in [0.2, 0.25) is 0 Å². The van der Waals surface area contributed by atoms with E-state index in [0.29, 0.717) is 6.42 Å². The zero-order valence-corrected chi connectivity index (χ0v) is 16.1. The van der Waals surface area contributed by atoms with Crippen molar-refractivity contribution in [1.82, 2.24) is 15.0 Å². The molecule has 1 N–H and O–H groups in total. The number of pyridine rings is 1. The standard InChI is InChI=1S/C25H17N5/c26-12-11-17-5-8-21(9-6-17)30-25-22-14-18(7-10-24(22)28-16-29-25)20-13-19-3-1-2-4-23(19)27-15-20/h1-10,13-16H,11H2,(H,28,29,30). The smallest absolute Gasteiger partial charge is 0.141 e. The first kappa shape index (κ1) is 17.8. The Labute approximate surface area is 173 Å². The highest BCUT2D eigenvalue weighted by Crippen LogP contribution is 2.29. The lowest BCUT2D eigenvalue weighted by atomic mass is 10.0. The highest BCUT2D eigenvalue weighted by molar-refractivity contribution is 5.94. The molecule has 2 aromatic heterocycles. The van der Waals surface area contributed by atoms with E-state index < -0.39 is 0 Å². The van der Waals surface area contributed by atoms with E-state index in [1.165, 1.54) is 0 Å². The highest BCUT2D eigenvalue weighted by Gasteiger charge is 2.08. The predicted octanol–water partition coefficient (Wildman–Crippen LogP) is 5.65. The third kappa shape index (κ3) is 3.43. The minimum atomic E-state index is 0.403. The Bertz CT molecular complexity index is 1400. The Morgan fingerprint density at radius 1 is 0.800 bits per heavy atom. The lowest BCUT2D eigenvalue weighted by Crippen LogP contribution is -1.96. The fourth-order valence-corrected chi connectivity index (χ4v) is 3.50. The summed E-state index contributed by atoms with van der Waals surface area (Å²) >= 11 is 0. The van der Waals surface area contributed by atoms with Gasteiger partial charge in [-0.05, 0) is 47.5 Å². The van der Waals surface area contributed by atoms with Crippen molar-refractivity contribution in [2.75, 3.05) is 5.32 Å². The van der Waals surface area contributed by atoms with Gasteiger partial charge >= 0.3 is 0 Å². The Kier molecular flexibility index (Phi) is 4.51. The van der Waals surface area contributed by atoms with E-state index >= 15 is 0 Å². The van der Waals surface area contributed by atoms with Crippen LogP contribution in [0, 0.1) is 11.3 Å². The quantitative estimate of drug-likeness (QED) is 0.431. The van der Waals surface area contributed by atoms with Crippen molar-refractivity contribution in [2.45, 2.75) is 6.42 Å². The molecule has 2 heterocycles. The largest absolute Gasteiger partial charge is 0.340 e. The summed E-state index contributed by atoms with van der Waals surface area (Å²) in [4.78, 5) is 13.4. The van der Waals surface area contributed by atoms with Gasteiger partial charge in [-0.25, -0.2) is 9.97 Å². The normalized spacial score (nSPS) is 10.8. The van der Waals surface area contributed by atoms with Gasteiger partial charge in [0.05, 0.1) is 23.5 Å². The van der Waals surface area contributed by atoms with Crippen LogP contribution in [0.1, 0.15) is 5.56 Å². The number of anilines is 2. The molecule has 5 heteroatoms. The lowest BCUT2D eigenvalue weighted by Gasteiger charge is -2.10. The molecule has 0 saturated heterocycles. The summed E-state index contributed by atoms with van der Waals surface area (Å²) in [5.74, 6) is 0.739. The zero-order valence-electron chi connectivity index (χ0n) is 16.1. The van der Waals surface area contributed by atoms with E-state index in [2.05, 4.69) is 50.6 Å². The number of benzene rings is 3. The molecule has 0 unspecified atom stereocenters. The second-order valence-corrected chi connectivity index (χ2v) is 7.03. The number of nitrogens with one attached hydrogen (secondary N) is 1. The third-order valence-corrected chi connectivity index (χ3v) is 5.06. The van der Waals surface area contributed by atoms with Crippen LogP contribution in [0.3, 0.4) is 0 Å². The van der Waals surface area contributed by atoms with Gasteiger partial charge in [0.15, 0.2) is 0 Å². The van der Waals surface area contributed by atoms with Crippen molar-refractivity contribution in [3.63, 3.8) is 0 Å². The van der Waals surface area contributed by atoms with Crippen molar-refractivity contribution in [3.05, 3.63) is 90.9 Å². The van der Waals surface area contributed by atoms with Gasteiger partial charge in [0.2, 0.25) is 0 Å². The molecular weight excluding hydrogens is 370 g/mol. The summed E-state index contributed by atoms with van der Waals surface area (Å²) in [6.45, 7) is 0. The first-order valence-electron chi connectivity index (χ1n) is 9.63. The highest BCUT2D eigenvalue weighted by atomic mass is 15.0. The molecule has 5 aromatic rings. The molecule has 0 aliphatic heterocycles. The summed E-state index contributed by atoms with van der Waals surface area (Å²) in [5, 5.41) is 14.3. The van der Waals surface area contributed by atoms with Crippen molar-refractivity contribution in [3.8, 4) is 17.2 Å². The molecule has 5 nitrogen and oxygen atoms in total. The van der Waals surface area contributed by atoms with Crippen LogP contribution in [0.4, 0.5) is 11.5 Å². The van der Waals surface area contributed by atoms with Crippen LogP contribution in [-0.2, 0) is 6.42 Å². The molecule has 0 aliphatic rings. The molecule has 0 fully saturated rings. The molecular formula is C25H17N5. The molecule has 5 rings (SSSR count). The van der Waals surface area contributed by atoms with Crippen molar-refractivity contribution in [2.24, 2.45) is 0 Å². The number of rotatable bonds is 4. The maximum Gasteiger partial charge on any atom is 0.141 e. The molecule has 0 aliphatic carbocycles. The second kappa shape index (κ2) is 7.61. The minimum Gasteiger partial charge on any atom is -0.340 e. The van der Waals surface area contributed by atoms with Crippen LogP contribution in [0.15, 0.2) is 85.3 Å². The second-order valence-electron chi connectivity index (χ2n) is 7.03. The molecule has 0 radical (unpaired) electrons. The van der Waals surface area contributed by atoms with Crippen LogP contribution >= 0.6 is 0 Å². The summed E-state index contributed by atoms with van der Waals surface area (Å²) < 4.78 is 0. The molecule has 0 saturated carbocycles. The molecule has 0 amide bonds. The molecule has 142 valence electrons. The topological polar surface area (TPSA) is 74.5 Å². The molecule has 0 spiro atoms. The average molecular weight is 387 g/mol. The van der Waals surface area contributed by atoms with Gasteiger partial charge < -0.3 is 5.32 Å². The Balaban J connectivity index is 1.54. The van der Waals surface area contributed by atoms with Crippen LogP contribution < -0.4 is 5.32 Å². The van der Waals surface area contributed by atoms with Gasteiger partial charge in [0.25, 0.3) is 0 Å². The molecule has 0 atom stereocenters. The van der Waals surface area contributed by atoms with Gasteiger partial charge in [-0.2, -0.15) is 5.26 Å². The van der Waals surface area contributed by atoms with Crippen molar-refractivity contribution in [1.29, 1.82) is 5.26 Å². The molecule has 0 bridgehead atoms. The number of aromatic nitrogens is 3. The molecule has 30 heavy (non-hydrogen) atoms. The number of hydrogen-bond donors (Lipinski definition) is 1.